The number of hydrogen-bond donors (Lipinski definition) is 2. The van der Waals surface area contributed by atoms with Crippen molar-refractivity contribution < 1.29 is 5.21 Å². The van der Waals surface area contributed by atoms with Crippen LogP contribution in [0.3, 0.4) is 0 Å². The van der Waals surface area contributed by atoms with Gasteiger partial charge in [-0.25, -0.2) is 0 Å². The quantitative estimate of drug-likeness (QED) is 0.388. The van der Waals surface area contributed by atoms with Crippen LogP contribution < -0.4 is 5.73 Å². The standard InChI is InChI=1S/C14H20ClN3O/c15-13-9-11(14(16)17-19)5-6-12(13)10-18-7-3-1-2-4-8-18/h5-6,9,19H,1-4,7-8,10H2,(H2,16,17). The van der Waals surface area contributed by atoms with Gasteiger partial charge in [0.25, 0.3) is 0 Å². The van der Waals surface area contributed by atoms with E-state index in [2.05, 4.69) is 10.1 Å². The Balaban J connectivity index is 2.08. The number of rotatable bonds is 3. The lowest BCUT2D eigenvalue weighted by Crippen LogP contribution is -2.24. The van der Waals surface area contributed by atoms with Gasteiger partial charge in [-0.3, -0.25) is 4.90 Å². The zero-order valence-electron chi connectivity index (χ0n) is 11.0. The van der Waals surface area contributed by atoms with E-state index in [0.29, 0.717) is 10.6 Å². The van der Waals surface area contributed by atoms with Crippen LogP contribution in [0.15, 0.2) is 23.4 Å². The Morgan fingerprint density at radius 1 is 1.26 bits per heavy atom. The van der Waals surface area contributed by atoms with Crippen molar-refractivity contribution in [1.82, 2.24) is 4.90 Å². The summed E-state index contributed by atoms with van der Waals surface area (Å²) in [6.45, 7) is 3.14. The molecule has 1 aromatic rings. The summed E-state index contributed by atoms with van der Waals surface area (Å²) in [4.78, 5) is 2.44. The monoisotopic (exact) mass is 281 g/mol. The maximum absolute atomic E-state index is 8.65. The Bertz CT molecular complexity index is 454. The van der Waals surface area contributed by atoms with Crippen molar-refractivity contribution in [3.63, 3.8) is 0 Å². The number of amidine groups is 1. The highest BCUT2D eigenvalue weighted by Crippen LogP contribution is 2.21. The zero-order chi connectivity index (χ0) is 13.7. The minimum atomic E-state index is 0.0863. The van der Waals surface area contributed by atoms with Gasteiger partial charge in [-0.1, -0.05) is 41.7 Å². The topological polar surface area (TPSA) is 61.9 Å². The molecule has 104 valence electrons. The summed E-state index contributed by atoms with van der Waals surface area (Å²) < 4.78 is 0. The molecule has 0 spiro atoms. The van der Waals surface area contributed by atoms with Crippen molar-refractivity contribution in [1.29, 1.82) is 0 Å². The highest BCUT2D eigenvalue weighted by molar-refractivity contribution is 6.31. The fourth-order valence-corrected chi connectivity index (χ4v) is 2.67. The van der Waals surface area contributed by atoms with Crippen LogP contribution in [0.5, 0.6) is 0 Å². The molecule has 0 atom stereocenters. The van der Waals surface area contributed by atoms with Crippen LogP contribution in [0.1, 0.15) is 36.8 Å². The van der Waals surface area contributed by atoms with E-state index in [9.17, 15) is 0 Å². The van der Waals surface area contributed by atoms with Gasteiger partial charge in [0.1, 0.15) is 0 Å². The van der Waals surface area contributed by atoms with Gasteiger partial charge in [0.05, 0.1) is 0 Å². The first-order valence-corrected chi connectivity index (χ1v) is 7.07. The van der Waals surface area contributed by atoms with Gasteiger partial charge in [-0.15, -0.1) is 0 Å². The molecule has 0 aliphatic carbocycles. The minimum absolute atomic E-state index is 0.0863. The smallest absolute Gasteiger partial charge is 0.170 e. The number of benzene rings is 1. The molecule has 4 nitrogen and oxygen atoms in total. The molecule has 2 rings (SSSR count). The Morgan fingerprint density at radius 2 is 1.95 bits per heavy atom. The summed E-state index contributed by atoms with van der Waals surface area (Å²) in [5.41, 5.74) is 7.29. The lowest BCUT2D eigenvalue weighted by molar-refractivity contribution is 0.277. The molecule has 1 aliphatic rings. The molecule has 0 bridgehead atoms. The van der Waals surface area contributed by atoms with Gasteiger partial charge in [0, 0.05) is 17.1 Å². The van der Waals surface area contributed by atoms with Crippen molar-refractivity contribution in [2.24, 2.45) is 10.9 Å². The molecular formula is C14H20ClN3O. The largest absolute Gasteiger partial charge is 0.409 e. The van der Waals surface area contributed by atoms with E-state index in [-0.39, 0.29) is 5.84 Å². The molecule has 0 unspecified atom stereocenters. The van der Waals surface area contributed by atoms with Gasteiger partial charge in [0.15, 0.2) is 5.84 Å². The maximum Gasteiger partial charge on any atom is 0.170 e. The van der Waals surface area contributed by atoms with Gasteiger partial charge in [-0.05, 0) is 37.6 Å². The first kappa shape index (κ1) is 14.2. The second kappa shape index (κ2) is 6.78. The summed E-state index contributed by atoms with van der Waals surface area (Å²) in [6, 6.07) is 5.55. The van der Waals surface area contributed by atoms with Crippen LogP contribution in [0.25, 0.3) is 0 Å². The van der Waals surface area contributed by atoms with Crippen LogP contribution in [-0.2, 0) is 6.54 Å². The maximum atomic E-state index is 8.65. The van der Waals surface area contributed by atoms with Crippen LogP contribution in [0.2, 0.25) is 5.02 Å². The van der Waals surface area contributed by atoms with Crippen LogP contribution in [0.4, 0.5) is 0 Å². The van der Waals surface area contributed by atoms with Crippen molar-refractivity contribution in [3.05, 3.63) is 34.3 Å². The van der Waals surface area contributed by atoms with Crippen molar-refractivity contribution in [2.45, 2.75) is 32.2 Å². The molecule has 3 N–H and O–H groups in total. The van der Waals surface area contributed by atoms with Crippen LogP contribution in [-0.4, -0.2) is 29.0 Å². The molecular weight excluding hydrogens is 262 g/mol. The van der Waals surface area contributed by atoms with Gasteiger partial charge in [0.2, 0.25) is 0 Å². The van der Waals surface area contributed by atoms with E-state index in [1.807, 2.05) is 12.1 Å². The van der Waals surface area contributed by atoms with Gasteiger partial charge >= 0.3 is 0 Å². The summed E-state index contributed by atoms with van der Waals surface area (Å²) in [5, 5.41) is 12.3. The average Bonchev–Trinajstić information content (AvgIpc) is 2.68. The third-order valence-corrected chi connectivity index (χ3v) is 3.90. The summed E-state index contributed by atoms with van der Waals surface area (Å²) in [7, 11) is 0. The number of likely N-dealkylation sites (tertiary alicyclic amines) is 1. The van der Waals surface area contributed by atoms with E-state index in [1.165, 1.54) is 25.7 Å². The number of nitrogens with two attached hydrogens (primary N) is 1. The molecule has 0 saturated carbocycles. The average molecular weight is 282 g/mol. The summed E-state index contributed by atoms with van der Waals surface area (Å²) in [5.74, 6) is 0.0863. The Morgan fingerprint density at radius 3 is 2.53 bits per heavy atom. The molecule has 0 aromatic heterocycles. The van der Waals surface area contributed by atoms with E-state index >= 15 is 0 Å². The predicted molar refractivity (Wildman–Crippen MR) is 77.7 cm³/mol. The Labute approximate surface area is 118 Å². The molecule has 19 heavy (non-hydrogen) atoms. The second-order valence-electron chi connectivity index (χ2n) is 4.98. The molecule has 1 fully saturated rings. The molecule has 1 aliphatic heterocycles. The predicted octanol–water partition coefficient (Wildman–Crippen LogP) is 2.81. The Hall–Kier alpha value is -1.26. The molecule has 0 amide bonds. The van der Waals surface area contributed by atoms with E-state index in [1.54, 1.807) is 6.07 Å². The third-order valence-electron chi connectivity index (χ3n) is 3.55. The van der Waals surface area contributed by atoms with Crippen molar-refractivity contribution >= 4 is 17.4 Å². The highest BCUT2D eigenvalue weighted by Gasteiger charge is 2.12. The number of oxime groups is 1. The molecule has 1 saturated heterocycles. The highest BCUT2D eigenvalue weighted by atomic mass is 35.5. The van der Waals surface area contributed by atoms with Crippen LogP contribution >= 0.6 is 11.6 Å². The molecule has 1 aromatic carbocycles. The molecule has 5 heteroatoms. The lowest BCUT2D eigenvalue weighted by Gasteiger charge is -2.20. The fourth-order valence-electron chi connectivity index (χ4n) is 2.43. The zero-order valence-corrected chi connectivity index (χ0v) is 11.7. The first-order valence-electron chi connectivity index (χ1n) is 6.69. The molecule has 1 heterocycles. The van der Waals surface area contributed by atoms with Gasteiger partial charge in [-0.2, -0.15) is 0 Å². The van der Waals surface area contributed by atoms with Crippen molar-refractivity contribution in [2.75, 3.05) is 13.1 Å². The molecule has 0 radical (unpaired) electrons. The summed E-state index contributed by atoms with van der Waals surface area (Å²) >= 11 is 6.27. The number of nitrogens with zero attached hydrogens (tertiary/aromatic N) is 2. The fraction of sp³-hybridized carbons (Fsp3) is 0.500. The first-order chi connectivity index (χ1) is 9.20. The number of halogens is 1. The lowest BCUT2D eigenvalue weighted by atomic mass is 10.1. The number of hydrogen-bond acceptors (Lipinski definition) is 3. The van der Waals surface area contributed by atoms with Gasteiger partial charge < -0.3 is 10.9 Å². The van der Waals surface area contributed by atoms with E-state index in [0.717, 1.165) is 25.2 Å². The van der Waals surface area contributed by atoms with E-state index in [4.69, 9.17) is 22.5 Å². The van der Waals surface area contributed by atoms with E-state index < -0.39 is 0 Å². The minimum Gasteiger partial charge on any atom is -0.409 e. The third kappa shape index (κ3) is 3.85. The SMILES string of the molecule is N/C(=N/O)c1ccc(CN2CCCCCC2)c(Cl)c1. The second-order valence-corrected chi connectivity index (χ2v) is 5.39. The Kier molecular flexibility index (Phi) is 5.05. The van der Waals surface area contributed by atoms with Crippen LogP contribution in [0, 0.1) is 0 Å². The van der Waals surface area contributed by atoms with Crippen molar-refractivity contribution in [3.8, 4) is 0 Å². The summed E-state index contributed by atoms with van der Waals surface area (Å²) in [6.07, 6.45) is 5.18. The normalized spacial score (nSPS) is 18.3.